The van der Waals surface area contributed by atoms with E-state index in [0.717, 1.165) is 13.1 Å². The predicted octanol–water partition coefficient (Wildman–Crippen LogP) is -0.328. The molecule has 3 nitrogen and oxygen atoms in total. The van der Waals surface area contributed by atoms with Crippen molar-refractivity contribution in [1.29, 1.82) is 0 Å². The Hall–Kier alpha value is 0.160. The summed E-state index contributed by atoms with van der Waals surface area (Å²) in [4.78, 5) is 10.6. The third kappa shape index (κ3) is 1.11. The van der Waals surface area contributed by atoms with Gasteiger partial charge in [0.15, 0.2) is 0 Å². The lowest BCUT2D eigenvalue weighted by Gasteiger charge is -2.24. The van der Waals surface area contributed by atoms with Gasteiger partial charge in [0, 0.05) is 13.1 Å². The van der Waals surface area contributed by atoms with Crippen LogP contribution in [0.4, 0.5) is 0 Å². The summed E-state index contributed by atoms with van der Waals surface area (Å²) in [5.74, 6) is 0.372. The van der Waals surface area contributed by atoms with Crippen molar-refractivity contribution in [3.05, 3.63) is 0 Å². The maximum Gasteiger partial charge on any atom is 0.234 e. The smallest absolute Gasteiger partial charge is 0.234 e. The molecule has 1 saturated heterocycles. The van der Waals surface area contributed by atoms with Crippen LogP contribution in [0.5, 0.6) is 0 Å². The second-order valence-electron chi connectivity index (χ2n) is 1.81. The Kier molecular flexibility index (Phi) is 2.07. The second kappa shape index (κ2) is 2.63. The minimum Gasteiger partial charge on any atom is -0.315 e. The van der Waals surface area contributed by atoms with E-state index in [1.807, 2.05) is 22.9 Å². The van der Waals surface area contributed by atoms with Crippen LogP contribution in [0.1, 0.15) is 0 Å². The fourth-order valence-corrected chi connectivity index (χ4v) is 0.992. The van der Waals surface area contributed by atoms with Gasteiger partial charge in [-0.1, -0.05) is 0 Å². The van der Waals surface area contributed by atoms with Crippen molar-refractivity contribution in [3.8, 4) is 0 Å². The molecule has 0 aromatic heterocycles. The highest BCUT2D eigenvalue weighted by Crippen LogP contribution is 2.02. The third-order valence-corrected chi connectivity index (χ3v) is 1.78. The fraction of sp³-hybridized carbons (Fsp3) is 0.750. The van der Waals surface area contributed by atoms with E-state index in [1.165, 1.54) is 0 Å². The van der Waals surface area contributed by atoms with Crippen molar-refractivity contribution in [2.24, 2.45) is 5.92 Å². The Morgan fingerprint density at radius 1 is 1.75 bits per heavy atom. The Morgan fingerprint density at radius 2 is 2.38 bits per heavy atom. The lowest BCUT2D eigenvalue weighted by molar-refractivity contribution is -0.123. The highest BCUT2D eigenvalue weighted by Gasteiger charge is 2.23. The molecule has 0 bridgehead atoms. The first-order valence-electron chi connectivity index (χ1n) is 2.46. The molecular weight excluding hydrogens is 219 g/mol. The zero-order chi connectivity index (χ0) is 5.98. The van der Waals surface area contributed by atoms with Crippen LogP contribution >= 0.6 is 22.9 Å². The molecule has 8 heavy (non-hydrogen) atoms. The van der Waals surface area contributed by atoms with E-state index in [4.69, 9.17) is 0 Å². The lowest BCUT2D eigenvalue weighted by atomic mass is 10.0. The zero-order valence-corrected chi connectivity index (χ0v) is 6.44. The van der Waals surface area contributed by atoms with Gasteiger partial charge in [-0.25, -0.2) is 0 Å². The van der Waals surface area contributed by atoms with Crippen molar-refractivity contribution in [3.63, 3.8) is 0 Å². The number of amides is 1. The number of hydrogen-bond donors (Lipinski definition) is 2. The first-order chi connectivity index (χ1) is 3.84. The molecule has 0 spiro atoms. The van der Waals surface area contributed by atoms with Gasteiger partial charge in [-0.3, -0.25) is 8.32 Å². The van der Waals surface area contributed by atoms with E-state index in [-0.39, 0.29) is 11.8 Å². The summed E-state index contributed by atoms with van der Waals surface area (Å²) in [5.41, 5.74) is 0. The molecule has 2 N–H and O–H groups in total. The van der Waals surface area contributed by atoms with E-state index in [9.17, 15) is 4.79 Å². The summed E-state index contributed by atoms with van der Waals surface area (Å²) in [6.07, 6.45) is 0. The van der Waals surface area contributed by atoms with E-state index in [2.05, 4.69) is 8.85 Å². The molecule has 0 aromatic rings. The SMILES string of the molecule is O=C(NI)C1CNC1. The van der Waals surface area contributed by atoms with Crippen molar-refractivity contribution >= 4 is 28.8 Å². The van der Waals surface area contributed by atoms with Crippen LogP contribution in [0, 0.1) is 5.92 Å². The quantitative estimate of drug-likeness (QED) is 0.475. The zero-order valence-electron chi connectivity index (χ0n) is 4.28. The molecular formula is C4H7IN2O. The predicted molar refractivity (Wildman–Crippen MR) is 38.5 cm³/mol. The maximum absolute atomic E-state index is 10.6. The molecule has 1 fully saturated rings. The van der Waals surface area contributed by atoms with Crippen molar-refractivity contribution in [2.75, 3.05) is 13.1 Å². The fourth-order valence-electron chi connectivity index (χ4n) is 0.551. The van der Waals surface area contributed by atoms with E-state index in [1.54, 1.807) is 0 Å². The lowest BCUT2D eigenvalue weighted by Crippen LogP contribution is -2.49. The number of rotatable bonds is 1. The molecule has 1 aliphatic rings. The van der Waals surface area contributed by atoms with Gasteiger partial charge in [0.05, 0.1) is 28.8 Å². The highest BCUT2D eigenvalue weighted by molar-refractivity contribution is 14.1. The third-order valence-electron chi connectivity index (χ3n) is 1.25. The molecule has 46 valence electrons. The second-order valence-corrected chi connectivity index (χ2v) is 2.35. The molecule has 1 aliphatic heterocycles. The molecule has 0 aromatic carbocycles. The average Bonchev–Trinajstić information content (AvgIpc) is 1.62. The molecule has 1 rings (SSSR count). The van der Waals surface area contributed by atoms with Crippen molar-refractivity contribution in [1.82, 2.24) is 8.85 Å². The topological polar surface area (TPSA) is 41.1 Å². The van der Waals surface area contributed by atoms with Crippen LogP contribution in [0.25, 0.3) is 0 Å². The van der Waals surface area contributed by atoms with Crippen LogP contribution in [0.3, 0.4) is 0 Å². The average molecular weight is 226 g/mol. The first-order valence-corrected chi connectivity index (χ1v) is 3.53. The van der Waals surface area contributed by atoms with Gasteiger partial charge in [0.2, 0.25) is 5.91 Å². The number of carbonyl (C=O) groups excluding carboxylic acids is 1. The number of hydrogen-bond acceptors (Lipinski definition) is 2. The van der Waals surface area contributed by atoms with E-state index in [0.29, 0.717) is 0 Å². The van der Waals surface area contributed by atoms with Crippen molar-refractivity contribution in [2.45, 2.75) is 0 Å². The number of nitrogens with one attached hydrogen (secondary N) is 2. The molecule has 1 heterocycles. The van der Waals surface area contributed by atoms with E-state index >= 15 is 0 Å². The molecule has 0 atom stereocenters. The van der Waals surface area contributed by atoms with Crippen LogP contribution in [0.2, 0.25) is 0 Å². The van der Waals surface area contributed by atoms with Gasteiger partial charge in [-0.05, 0) is 0 Å². The standard InChI is InChI=1S/C4H7IN2O/c5-7-4(8)3-1-6-2-3/h3,6H,1-2H2,(H,7,8). The molecule has 0 radical (unpaired) electrons. The summed E-state index contributed by atoms with van der Waals surface area (Å²) in [5, 5.41) is 3.01. The number of carbonyl (C=O) groups is 1. The van der Waals surface area contributed by atoms with Crippen molar-refractivity contribution < 1.29 is 4.79 Å². The van der Waals surface area contributed by atoms with Crippen LogP contribution in [-0.4, -0.2) is 19.0 Å². The van der Waals surface area contributed by atoms with Gasteiger partial charge >= 0.3 is 0 Å². The normalized spacial score (nSPS) is 19.6. The summed E-state index contributed by atoms with van der Waals surface area (Å²) >= 11 is 1.86. The molecule has 0 unspecified atom stereocenters. The Balaban J connectivity index is 2.24. The maximum atomic E-state index is 10.6. The van der Waals surface area contributed by atoms with Gasteiger partial charge in [0.1, 0.15) is 0 Å². The first kappa shape index (κ1) is 6.28. The molecule has 1 amide bonds. The molecule has 0 aliphatic carbocycles. The minimum absolute atomic E-state index is 0.143. The summed E-state index contributed by atoms with van der Waals surface area (Å²) in [6.45, 7) is 1.68. The highest BCUT2D eigenvalue weighted by atomic mass is 127. The summed E-state index contributed by atoms with van der Waals surface area (Å²) < 4.78 is 2.56. The molecule has 4 heteroatoms. The van der Waals surface area contributed by atoms with Crippen LogP contribution < -0.4 is 8.85 Å². The van der Waals surface area contributed by atoms with Gasteiger partial charge in [0.25, 0.3) is 0 Å². The minimum atomic E-state index is 0.143. The van der Waals surface area contributed by atoms with Crippen LogP contribution in [0.15, 0.2) is 0 Å². The van der Waals surface area contributed by atoms with Gasteiger partial charge in [-0.15, -0.1) is 0 Å². The Morgan fingerprint density at radius 3 is 2.50 bits per heavy atom. The summed E-state index contributed by atoms with van der Waals surface area (Å²) in [7, 11) is 0. The Bertz CT molecular complexity index is 102. The van der Waals surface area contributed by atoms with E-state index < -0.39 is 0 Å². The largest absolute Gasteiger partial charge is 0.315 e. The number of halogens is 1. The molecule has 0 saturated carbocycles. The monoisotopic (exact) mass is 226 g/mol. The Labute approximate surface area is 61.7 Å². The van der Waals surface area contributed by atoms with Crippen LogP contribution in [-0.2, 0) is 4.79 Å². The van der Waals surface area contributed by atoms with Gasteiger partial charge < -0.3 is 5.32 Å². The summed E-state index contributed by atoms with van der Waals surface area (Å²) in [6, 6.07) is 0. The van der Waals surface area contributed by atoms with Gasteiger partial charge in [-0.2, -0.15) is 0 Å².